The topological polar surface area (TPSA) is 46.3 Å². The van der Waals surface area contributed by atoms with Crippen LogP contribution >= 0.6 is 0 Å². The van der Waals surface area contributed by atoms with E-state index in [1.165, 1.54) is 12.1 Å². The van der Waals surface area contributed by atoms with Gasteiger partial charge in [-0.15, -0.1) is 0 Å². The van der Waals surface area contributed by atoms with Crippen molar-refractivity contribution < 1.29 is 9.18 Å². The maximum absolute atomic E-state index is 13.2. The fourth-order valence-electron chi connectivity index (χ4n) is 2.54. The van der Waals surface area contributed by atoms with Gasteiger partial charge in [-0.1, -0.05) is 26.0 Å². The minimum Gasteiger partial charge on any atom is -0.339 e. The highest BCUT2D eigenvalue weighted by atomic mass is 19.1. The van der Waals surface area contributed by atoms with E-state index < -0.39 is 0 Å². The number of carbonyl (C=O) groups is 1. The summed E-state index contributed by atoms with van der Waals surface area (Å²) in [5.74, 6) is 0.581. The maximum atomic E-state index is 13.2. The Labute approximate surface area is 127 Å². The summed E-state index contributed by atoms with van der Waals surface area (Å²) >= 11 is 0. The Morgan fingerprint density at radius 2 is 2.10 bits per heavy atom. The standard InChI is InChI=1S/C17H27FN2O/c1-4-20(12-14-6-5-7-16(18)9-14)17(21)10-15(11-19)8-13(2)3/h5-7,9,13,15H,4,8,10-12,19H2,1-3H3. The summed E-state index contributed by atoms with van der Waals surface area (Å²) in [5.41, 5.74) is 6.58. The van der Waals surface area contributed by atoms with Gasteiger partial charge in [0.25, 0.3) is 0 Å². The molecule has 1 aromatic carbocycles. The maximum Gasteiger partial charge on any atom is 0.223 e. The van der Waals surface area contributed by atoms with Gasteiger partial charge in [0, 0.05) is 19.5 Å². The van der Waals surface area contributed by atoms with E-state index in [9.17, 15) is 9.18 Å². The Morgan fingerprint density at radius 1 is 1.38 bits per heavy atom. The zero-order valence-corrected chi connectivity index (χ0v) is 13.3. The van der Waals surface area contributed by atoms with Gasteiger partial charge in [0.2, 0.25) is 5.91 Å². The molecule has 0 heterocycles. The number of amides is 1. The second kappa shape index (κ2) is 8.78. The Balaban J connectivity index is 2.64. The molecule has 0 fully saturated rings. The Morgan fingerprint density at radius 3 is 2.62 bits per heavy atom. The summed E-state index contributed by atoms with van der Waals surface area (Å²) in [6.07, 6.45) is 1.43. The van der Waals surface area contributed by atoms with Crippen LogP contribution in [0.2, 0.25) is 0 Å². The van der Waals surface area contributed by atoms with Gasteiger partial charge >= 0.3 is 0 Å². The van der Waals surface area contributed by atoms with Crippen LogP contribution in [0.1, 0.15) is 39.2 Å². The lowest BCUT2D eigenvalue weighted by atomic mass is 9.93. The van der Waals surface area contributed by atoms with Crippen molar-refractivity contribution in [2.45, 2.75) is 40.2 Å². The van der Waals surface area contributed by atoms with Gasteiger partial charge in [-0.3, -0.25) is 4.79 Å². The van der Waals surface area contributed by atoms with E-state index in [1.54, 1.807) is 11.0 Å². The monoisotopic (exact) mass is 294 g/mol. The molecule has 0 spiro atoms. The molecule has 4 heteroatoms. The zero-order valence-electron chi connectivity index (χ0n) is 13.3. The van der Waals surface area contributed by atoms with E-state index in [-0.39, 0.29) is 17.6 Å². The van der Waals surface area contributed by atoms with Crippen molar-refractivity contribution in [3.63, 3.8) is 0 Å². The van der Waals surface area contributed by atoms with E-state index in [0.717, 1.165) is 12.0 Å². The summed E-state index contributed by atoms with van der Waals surface area (Å²) in [6.45, 7) is 7.81. The summed E-state index contributed by atoms with van der Waals surface area (Å²) in [7, 11) is 0. The molecular weight excluding hydrogens is 267 g/mol. The van der Waals surface area contributed by atoms with Gasteiger partial charge in [-0.2, -0.15) is 0 Å². The number of rotatable bonds is 8. The van der Waals surface area contributed by atoms with Crippen molar-refractivity contribution in [3.05, 3.63) is 35.6 Å². The van der Waals surface area contributed by atoms with Gasteiger partial charge in [-0.25, -0.2) is 4.39 Å². The third-order valence-electron chi connectivity index (χ3n) is 3.60. The normalized spacial score (nSPS) is 12.5. The van der Waals surface area contributed by atoms with Crippen LogP contribution in [0.3, 0.4) is 0 Å². The largest absolute Gasteiger partial charge is 0.339 e. The average molecular weight is 294 g/mol. The molecule has 1 unspecified atom stereocenters. The van der Waals surface area contributed by atoms with Crippen LogP contribution in [0, 0.1) is 17.7 Å². The first-order valence-corrected chi connectivity index (χ1v) is 7.68. The Hall–Kier alpha value is -1.42. The molecular formula is C17H27FN2O. The average Bonchev–Trinajstić information content (AvgIpc) is 2.43. The predicted molar refractivity (Wildman–Crippen MR) is 84.1 cm³/mol. The fourth-order valence-corrected chi connectivity index (χ4v) is 2.54. The molecule has 2 N–H and O–H groups in total. The van der Waals surface area contributed by atoms with Crippen molar-refractivity contribution in [2.24, 2.45) is 17.6 Å². The number of hydrogen-bond donors (Lipinski definition) is 1. The molecule has 0 bridgehead atoms. The molecule has 118 valence electrons. The molecule has 0 aliphatic rings. The Kier molecular flexibility index (Phi) is 7.37. The summed E-state index contributed by atoms with van der Waals surface area (Å²) < 4.78 is 13.2. The number of nitrogens with zero attached hydrogens (tertiary/aromatic N) is 1. The molecule has 0 aliphatic heterocycles. The van der Waals surface area contributed by atoms with Crippen molar-refractivity contribution in [1.29, 1.82) is 0 Å². The van der Waals surface area contributed by atoms with Crippen LogP contribution in [0.25, 0.3) is 0 Å². The van der Waals surface area contributed by atoms with Crippen molar-refractivity contribution in [3.8, 4) is 0 Å². The molecule has 21 heavy (non-hydrogen) atoms. The first-order chi connectivity index (χ1) is 9.96. The van der Waals surface area contributed by atoms with Gasteiger partial charge < -0.3 is 10.6 Å². The number of halogens is 1. The van der Waals surface area contributed by atoms with E-state index in [4.69, 9.17) is 5.73 Å². The van der Waals surface area contributed by atoms with E-state index in [2.05, 4.69) is 13.8 Å². The first kappa shape index (κ1) is 17.6. The number of nitrogens with two attached hydrogens (primary N) is 1. The quantitative estimate of drug-likeness (QED) is 0.800. The molecule has 0 aromatic heterocycles. The lowest BCUT2D eigenvalue weighted by molar-refractivity contribution is -0.132. The summed E-state index contributed by atoms with van der Waals surface area (Å²) in [5, 5.41) is 0. The Bertz CT molecular complexity index is 448. The molecule has 1 rings (SSSR count). The number of carbonyl (C=O) groups excluding carboxylic acids is 1. The number of hydrogen-bond acceptors (Lipinski definition) is 2. The molecule has 0 radical (unpaired) electrons. The van der Waals surface area contributed by atoms with Gasteiger partial charge in [0.05, 0.1) is 0 Å². The minimum absolute atomic E-state index is 0.0952. The SMILES string of the molecule is CCN(Cc1cccc(F)c1)C(=O)CC(CN)CC(C)C. The molecule has 0 aliphatic carbocycles. The highest BCUT2D eigenvalue weighted by molar-refractivity contribution is 5.76. The minimum atomic E-state index is -0.268. The second-order valence-electron chi connectivity index (χ2n) is 5.97. The van der Waals surface area contributed by atoms with Crippen molar-refractivity contribution >= 4 is 5.91 Å². The highest BCUT2D eigenvalue weighted by Crippen LogP contribution is 2.17. The summed E-state index contributed by atoms with van der Waals surface area (Å²) in [4.78, 5) is 14.2. The van der Waals surface area contributed by atoms with E-state index >= 15 is 0 Å². The molecule has 1 amide bonds. The van der Waals surface area contributed by atoms with E-state index in [1.807, 2.05) is 13.0 Å². The third-order valence-corrected chi connectivity index (χ3v) is 3.60. The van der Waals surface area contributed by atoms with Crippen molar-refractivity contribution in [1.82, 2.24) is 4.90 Å². The van der Waals surface area contributed by atoms with Crippen LogP contribution in [-0.4, -0.2) is 23.9 Å². The van der Waals surface area contributed by atoms with Crippen LogP contribution in [0.5, 0.6) is 0 Å². The van der Waals surface area contributed by atoms with Crippen LogP contribution in [0.4, 0.5) is 4.39 Å². The smallest absolute Gasteiger partial charge is 0.223 e. The molecule has 1 atom stereocenters. The lowest BCUT2D eigenvalue weighted by Crippen LogP contribution is -2.33. The van der Waals surface area contributed by atoms with E-state index in [0.29, 0.717) is 32.0 Å². The molecule has 1 aromatic rings. The zero-order chi connectivity index (χ0) is 15.8. The molecule has 0 saturated heterocycles. The van der Waals surface area contributed by atoms with Gasteiger partial charge in [-0.05, 0) is 49.4 Å². The number of benzene rings is 1. The van der Waals surface area contributed by atoms with Crippen LogP contribution in [-0.2, 0) is 11.3 Å². The first-order valence-electron chi connectivity index (χ1n) is 7.68. The molecule has 3 nitrogen and oxygen atoms in total. The van der Waals surface area contributed by atoms with Crippen LogP contribution < -0.4 is 5.73 Å². The second-order valence-corrected chi connectivity index (χ2v) is 5.97. The molecule has 0 saturated carbocycles. The summed E-state index contributed by atoms with van der Waals surface area (Å²) in [6, 6.07) is 6.40. The fraction of sp³-hybridized carbons (Fsp3) is 0.588. The van der Waals surface area contributed by atoms with Crippen LogP contribution in [0.15, 0.2) is 24.3 Å². The highest BCUT2D eigenvalue weighted by Gasteiger charge is 2.18. The predicted octanol–water partition coefficient (Wildman–Crippen LogP) is 3.19. The third kappa shape index (κ3) is 6.25. The van der Waals surface area contributed by atoms with Gasteiger partial charge in [0.15, 0.2) is 0 Å². The van der Waals surface area contributed by atoms with Crippen molar-refractivity contribution in [2.75, 3.05) is 13.1 Å². The van der Waals surface area contributed by atoms with Gasteiger partial charge in [0.1, 0.15) is 5.82 Å². The lowest BCUT2D eigenvalue weighted by Gasteiger charge is -2.24.